The lowest BCUT2D eigenvalue weighted by Gasteiger charge is -2.18. The molecule has 0 spiro atoms. The summed E-state index contributed by atoms with van der Waals surface area (Å²) in [7, 11) is -3.39. The first-order chi connectivity index (χ1) is 12.1. The molecule has 0 aromatic heterocycles. The first kappa shape index (κ1) is 25.1. The summed E-state index contributed by atoms with van der Waals surface area (Å²) in [6.45, 7) is 6.96. The molecule has 0 rings (SSSR count). The van der Waals surface area contributed by atoms with Crippen LogP contribution in [-0.2, 0) is 9.09 Å². The van der Waals surface area contributed by atoms with E-state index in [2.05, 4.69) is 20.8 Å². The van der Waals surface area contributed by atoms with Crippen LogP contribution in [0.1, 0.15) is 117 Å². The number of rotatable bonds is 19. The van der Waals surface area contributed by atoms with Crippen molar-refractivity contribution >= 4 is 7.60 Å². The van der Waals surface area contributed by atoms with E-state index in [1.165, 1.54) is 57.8 Å². The summed E-state index contributed by atoms with van der Waals surface area (Å²) in [6.07, 6.45) is 18.7. The predicted molar refractivity (Wildman–Crippen MR) is 110 cm³/mol. The second-order valence-electron chi connectivity index (χ2n) is 7.61. The maximum absolute atomic E-state index is 12.2. The summed E-state index contributed by atoms with van der Waals surface area (Å²) in [6, 6.07) is 0. The van der Waals surface area contributed by atoms with E-state index in [0.29, 0.717) is 18.7 Å². The molecule has 2 atom stereocenters. The number of hydrogen-bond donors (Lipinski definition) is 1. The lowest BCUT2D eigenvalue weighted by atomic mass is 10.0. The van der Waals surface area contributed by atoms with Gasteiger partial charge in [0.1, 0.15) is 0 Å². The Bertz CT molecular complexity index is 320. The third kappa shape index (κ3) is 17.3. The molecule has 0 aliphatic heterocycles. The zero-order valence-corrected chi connectivity index (χ0v) is 18.2. The van der Waals surface area contributed by atoms with Gasteiger partial charge in [-0.3, -0.25) is 4.57 Å². The van der Waals surface area contributed by atoms with Crippen molar-refractivity contribution < 1.29 is 14.0 Å². The standard InChI is InChI=1S/C21H45O3P/c1-4-7-9-10-11-12-13-14-15-16-17-19-24-25(22,23)20-21(6-3)18-8-5-2/h21H,4-20H2,1-3H3,(H,22,23). The number of unbranched alkanes of at least 4 members (excludes halogenated alkanes) is 11. The Labute approximate surface area is 157 Å². The summed E-state index contributed by atoms with van der Waals surface area (Å²) < 4.78 is 17.5. The summed E-state index contributed by atoms with van der Waals surface area (Å²) in [5.41, 5.74) is 0. The minimum absolute atomic E-state index is 0.327. The van der Waals surface area contributed by atoms with Crippen LogP contribution in [0.5, 0.6) is 0 Å². The van der Waals surface area contributed by atoms with Crippen molar-refractivity contribution in [2.24, 2.45) is 5.92 Å². The molecule has 4 heteroatoms. The van der Waals surface area contributed by atoms with E-state index in [9.17, 15) is 9.46 Å². The highest BCUT2D eigenvalue weighted by Crippen LogP contribution is 2.45. The van der Waals surface area contributed by atoms with E-state index in [1.54, 1.807) is 0 Å². The van der Waals surface area contributed by atoms with Crippen LogP contribution in [0.25, 0.3) is 0 Å². The Balaban J connectivity index is 3.52. The fourth-order valence-corrected chi connectivity index (χ4v) is 4.88. The van der Waals surface area contributed by atoms with E-state index in [4.69, 9.17) is 4.52 Å². The van der Waals surface area contributed by atoms with Gasteiger partial charge in [-0.2, -0.15) is 0 Å². The zero-order chi connectivity index (χ0) is 18.8. The summed E-state index contributed by atoms with van der Waals surface area (Å²) >= 11 is 0. The molecule has 0 saturated heterocycles. The molecule has 0 aromatic carbocycles. The molecule has 0 radical (unpaired) electrons. The molecule has 0 aliphatic carbocycles. The Kier molecular flexibility index (Phi) is 17.7. The van der Waals surface area contributed by atoms with E-state index < -0.39 is 7.60 Å². The quantitative estimate of drug-likeness (QED) is 0.185. The highest BCUT2D eigenvalue weighted by atomic mass is 31.2. The van der Waals surface area contributed by atoms with Gasteiger partial charge in [0.2, 0.25) is 0 Å². The summed E-state index contributed by atoms with van der Waals surface area (Å²) in [5.74, 6) is 0.327. The van der Waals surface area contributed by atoms with Crippen molar-refractivity contribution in [1.29, 1.82) is 0 Å². The average molecular weight is 377 g/mol. The Morgan fingerprint density at radius 2 is 1.24 bits per heavy atom. The maximum Gasteiger partial charge on any atom is 0.328 e. The Morgan fingerprint density at radius 3 is 1.72 bits per heavy atom. The normalized spacial score (nSPS) is 15.2. The molecule has 152 valence electrons. The van der Waals surface area contributed by atoms with Crippen LogP contribution < -0.4 is 0 Å². The van der Waals surface area contributed by atoms with Crippen LogP contribution in [0.3, 0.4) is 0 Å². The van der Waals surface area contributed by atoms with Crippen molar-refractivity contribution in [2.75, 3.05) is 12.8 Å². The van der Waals surface area contributed by atoms with E-state index >= 15 is 0 Å². The first-order valence-electron chi connectivity index (χ1n) is 11.0. The zero-order valence-electron chi connectivity index (χ0n) is 17.3. The summed E-state index contributed by atoms with van der Waals surface area (Å²) in [4.78, 5) is 10.0. The van der Waals surface area contributed by atoms with Crippen LogP contribution in [-0.4, -0.2) is 17.7 Å². The van der Waals surface area contributed by atoms with Gasteiger partial charge in [-0.05, 0) is 18.8 Å². The van der Waals surface area contributed by atoms with Crippen molar-refractivity contribution in [3.05, 3.63) is 0 Å². The van der Waals surface area contributed by atoms with Gasteiger partial charge in [-0.25, -0.2) is 0 Å². The SMILES string of the molecule is CCCCCCCCCCCCCOP(=O)(O)CC(CC)CCCC. The topological polar surface area (TPSA) is 46.5 Å². The molecular formula is C21H45O3P. The van der Waals surface area contributed by atoms with Crippen molar-refractivity contribution in [1.82, 2.24) is 0 Å². The lowest BCUT2D eigenvalue weighted by Crippen LogP contribution is -2.08. The first-order valence-corrected chi connectivity index (χ1v) is 12.8. The molecule has 0 saturated carbocycles. The highest BCUT2D eigenvalue weighted by molar-refractivity contribution is 7.52. The van der Waals surface area contributed by atoms with Crippen LogP contribution in [0.15, 0.2) is 0 Å². The molecule has 0 heterocycles. The second kappa shape index (κ2) is 17.6. The fraction of sp³-hybridized carbons (Fsp3) is 1.00. The Hall–Kier alpha value is 0.150. The summed E-state index contributed by atoms with van der Waals surface area (Å²) in [5, 5.41) is 0. The number of hydrogen-bond acceptors (Lipinski definition) is 2. The van der Waals surface area contributed by atoms with Gasteiger partial charge >= 0.3 is 7.60 Å². The molecule has 0 bridgehead atoms. The fourth-order valence-electron chi connectivity index (χ4n) is 3.27. The Morgan fingerprint density at radius 1 is 0.760 bits per heavy atom. The maximum atomic E-state index is 12.2. The third-order valence-electron chi connectivity index (χ3n) is 5.07. The van der Waals surface area contributed by atoms with Gasteiger partial charge in [0.15, 0.2) is 0 Å². The molecule has 2 unspecified atom stereocenters. The van der Waals surface area contributed by atoms with Gasteiger partial charge in [-0.15, -0.1) is 0 Å². The van der Waals surface area contributed by atoms with Crippen molar-refractivity contribution in [3.8, 4) is 0 Å². The second-order valence-corrected chi connectivity index (χ2v) is 9.50. The highest BCUT2D eigenvalue weighted by Gasteiger charge is 2.23. The van der Waals surface area contributed by atoms with Crippen molar-refractivity contribution in [2.45, 2.75) is 117 Å². The van der Waals surface area contributed by atoms with Crippen molar-refractivity contribution in [3.63, 3.8) is 0 Å². The van der Waals surface area contributed by atoms with Crippen LogP contribution >= 0.6 is 7.60 Å². The molecule has 0 aliphatic rings. The van der Waals surface area contributed by atoms with Gasteiger partial charge in [0.05, 0.1) is 12.8 Å². The molecule has 0 fully saturated rings. The third-order valence-corrected chi connectivity index (χ3v) is 6.64. The molecule has 1 N–H and O–H groups in total. The van der Waals surface area contributed by atoms with E-state index in [-0.39, 0.29) is 0 Å². The predicted octanol–water partition coefficient (Wildman–Crippen LogP) is 7.72. The minimum Gasteiger partial charge on any atom is -0.324 e. The molecular weight excluding hydrogens is 331 g/mol. The monoisotopic (exact) mass is 376 g/mol. The largest absolute Gasteiger partial charge is 0.328 e. The smallest absolute Gasteiger partial charge is 0.324 e. The lowest BCUT2D eigenvalue weighted by molar-refractivity contribution is 0.246. The molecule has 25 heavy (non-hydrogen) atoms. The van der Waals surface area contributed by atoms with Gasteiger partial charge < -0.3 is 9.42 Å². The average Bonchev–Trinajstić information content (AvgIpc) is 2.59. The van der Waals surface area contributed by atoms with Gasteiger partial charge in [0, 0.05) is 0 Å². The van der Waals surface area contributed by atoms with Crippen LogP contribution in [0.2, 0.25) is 0 Å². The molecule has 0 aromatic rings. The van der Waals surface area contributed by atoms with E-state index in [1.807, 2.05) is 0 Å². The van der Waals surface area contributed by atoms with Gasteiger partial charge in [0.25, 0.3) is 0 Å². The van der Waals surface area contributed by atoms with E-state index in [0.717, 1.165) is 38.5 Å². The molecule has 0 amide bonds. The van der Waals surface area contributed by atoms with Crippen LogP contribution in [0.4, 0.5) is 0 Å². The van der Waals surface area contributed by atoms with Crippen LogP contribution in [0, 0.1) is 5.92 Å². The minimum atomic E-state index is -3.39. The van der Waals surface area contributed by atoms with Gasteiger partial charge in [-0.1, -0.05) is 104 Å². The molecule has 3 nitrogen and oxygen atoms in total.